The fourth-order valence-corrected chi connectivity index (χ4v) is 7.46. The molecule has 4 heteroatoms. The number of pyridine rings is 1. The van der Waals surface area contributed by atoms with Crippen LogP contribution in [0.4, 0.5) is 0 Å². The van der Waals surface area contributed by atoms with Crippen LogP contribution in [-0.2, 0) is 0 Å². The second kappa shape index (κ2) is 13.8. The van der Waals surface area contributed by atoms with Crippen LogP contribution in [-0.4, -0.2) is 15.0 Å². The monoisotopic (exact) mass is 703 g/mol. The molecule has 3 aromatic heterocycles. The lowest BCUT2D eigenvalue weighted by molar-refractivity contribution is 0.669. The highest BCUT2D eigenvalue weighted by atomic mass is 16.3. The Morgan fingerprint density at radius 1 is 0.309 bits per heavy atom. The number of hydrogen-bond acceptors (Lipinski definition) is 4. The summed E-state index contributed by atoms with van der Waals surface area (Å²) in [4.78, 5) is 14.8. The summed E-state index contributed by atoms with van der Waals surface area (Å²) in [6.45, 7) is 0. The molecule has 10 rings (SSSR count). The summed E-state index contributed by atoms with van der Waals surface area (Å²) in [7, 11) is 0. The Morgan fingerprint density at radius 2 is 0.873 bits per heavy atom. The quantitative estimate of drug-likeness (QED) is 0.166. The van der Waals surface area contributed by atoms with E-state index in [9.17, 15) is 0 Å². The van der Waals surface area contributed by atoms with Gasteiger partial charge < -0.3 is 4.42 Å². The van der Waals surface area contributed by atoms with Gasteiger partial charge in [-0.3, -0.25) is 4.98 Å². The number of fused-ring (bicyclic) bond motifs is 3. The summed E-state index contributed by atoms with van der Waals surface area (Å²) in [6, 6.07) is 65.7. The molecule has 55 heavy (non-hydrogen) atoms. The van der Waals surface area contributed by atoms with E-state index in [2.05, 4.69) is 151 Å². The van der Waals surface area contributed by atoms with Gasteiger partial charge in [0.15, 0.2) is 5.82 Å². The molecule has 0 aliphatic rings. The van der Waals surface area contributed by atoms with E-state index in [1.165, 1.54) is 11.1 Å². The lowest BCUT2D eigenvalue weighted by Crippen LogP contribution is -1.97. The van der Waals surface area contributed by atoms with Crippen LogP contribution in [0, 0.1) is 0 Å². The standard InChI is InChI=1S/C51H33N3O/c1-3-12-34(13-4-1)37-16-11-17-38(28-37)40-29-41(39-22-23-50-46(32-39)45-20-9-10-21-49(45)55-50)31-42(30-40)47-33-48(54-51(53-47)36-14-5-2-6-15-36)44-19-8-7-18-43(44)35-24-26-52-27-25-35/h1-33H. The minimum absolute atomic E-state index is 0.668. The van der Waals surface area contributed by atoms with Gasteiger partial charge in [-0.25, -0.2) is 9.97 Å². The number of aromatic nitrogens is 3. The molecule has 7 aromatic carbocycles. The molecule has 0 radical (unpaired) electrons. The first-order valence-corrected chi connectivity index (χ1v) is 18.4. The first-order valence-electron chi connectivity index (χ1n) is 18.4. The third-order valence-corrected chi connectivity index (χ3v) is 10.2. The summed E-state index contributed by atoms with van der Waals surface area (Å²) in [5.41, 5.74) is 15.3. The van der Waals surface area contributed by atoms with Gasteiger partial charge in [0.25, 0.3) is 0 Å². The molecular formula is C51H33N3O. The van der Waals surface area contributed by atoms with Crippen LogP contribution >= 0.6 is 0 Å². The van der Waals surface area contributed by atoms with Crippen molar-refractivity contribution in [3.8, 4) is 78.4 Å². The summed E-state index contributed by atoms with van der Waals surface area (Å²) in [5, 5.41) is 2.20. The van der Waals surface area contributed by atoms with Gasteiger partial charge in [-0.15, -0.1) is 0 Å². The van der Waals surface area contributed by atoms with Gasteiger partial charge in [0.05, 0.1) is 11.4 Å². The highest BCUT2D eigenvalue weighted by Crippen LogP contribution is 2.39. The van der Waals surface area contributed by atoms with Crippen molar-refractivity contribution in [2.24, 2.45) is 0 Å². The molecule has 0 aliphatic carbocycles. The Bertz CT molecular complexity index is 2970. The van der Waals surface area contributed by atoms with E-state index in [4.69, 9.17) is 14.4 Å². The molecule has 0 fully saturated rings. The Hall–Kier alpha value is -7.43. The summed E-state index contributed by atoms with van der Waals surface area (Å²) in [5.74, 6) is 0.668. The largest absolute Gasteiger partial charge is 0.456 e. The van der Waals surface area contributed by atoms with Gasteiger partial charge in [-0.05, 0) is 105 Å². The Balaban J connectivity index is 1.20. The third kappa shape index (κ3) is 6.26. The molecule has 0 amide bonds. The van der Waals surface area contributed by atoms with E-state index in [1.807, 2.05) is 54.9 Å². The SMILES string of the molecule is c1ccc(-c2cccc(-c3cc(-c4ccc5oc6ccccc6c5c4)cc(-c4cc(-c5ccccc5-c5ccncc5)nc(-c5ccccc5)n4)c3)c2)cc1. The van der Waals surface area contributed by atoms with Crippen molar-refractivity contribution in [3.63, 3.8) is 0 Å². The highest BCUT2D eigenvalue weighted by molar-refractivity contribution is 6.06. The molecule has 10 aromatic rings. The zero-order valence-corrected chi connectivity index (χ0v) is 29.8. The molecule has 0 unspecified atom stereocenters. The van der Waals surface area contributed by atoms with Crippen LogP contribution in [0.1, 0.15) is 0 Å². The average molecular weight is 704 g/mol. The van der Waals surface area contributed by atoms with Gasteiger partial charge in [-0.1, -0.05) is 127 Å². The molecule has 0 saturated heterocycles. The van der Waals surface area contributed by atoms with E-state index in [0.29, 0.717) is 5.82 Å². The second-order valence-electron chi connectivity index (χ2n) is 13.7. The van der Waals surface area contributed by atoms with Gasteiger partial charge >= 0.3 is 0 Å². The summed E-state index contributed by atoms with van der Waals surface area (Å²) in [6.07, 6.45) is 3.66. The number of nitrogens with zero attached hydrogens (tertiary/aromatic N) is 3. The molecule has 0 N–H and O–H groups in total. The Labute approximate surface area is 319 Å². The number of benzene rings is 7. The predicted molar refractivity (Wildman–Crippen MR) is 225 cm³/mol. The van der Waals surface area contributed by atoms with Crippen molar-refractivity contribution in [3.05, 3.63) is 200 Å². The van der Waals surface area contributed by atoms with Gasteiger partial charge in [0.1, 0.15) is 11.2 Å². The van der Waals surface area contributed by atoms with Crippen LogP contribution in [0.3, 0.4) is 0 Å². The third-order valence-electron chi connectivity index (χ3n) is 10.2. The minimum atomic E-state index is 0.668. The first-order chi connectivity index (χ1) is 27.2. The maximum atomic E-state index is 6.22. The van der Waals surface area contributed by atoms with Crippen LogP contribution < -0.4 is 0 Å². The van der Waals surface area contributed by atoms with E-state index in [0.717, 1.165) is 83.4 Å². The van der Waals surface area contributed by atoms with E-state index in [1.54, 1.807) is 0 Å². The Morgan fingerprint density at radius 3 is 1.65 bits per heavy atom. The van der Waals surface area contributed by atoms with Crippen molar-refractivity contribution in [2.45, 2.75) is 0 Å². The molecule has 4 nitrogen and oxygen atoms in total. The molecule has 0 bridgehead atoms. The molecule has 0 aliphatic heterocycles. The lowest BCUT2D eigenvalue weighted by Gasteiger charge is -2.15. The molecule has 0 saturated carbocycles. The van der Waals surface area contributed by atoms with Crippen LogP contribution in [0.5, 0.6) is 0 Å². The van der Waals surface area contributed by atoms with E-state index >= 15 is 0 Å². The maximum absolute atomic E-state index is 6.22. The lowest BCUT2D eigenvalue weighted by atomic mass is 9.92. The topological polar surface area (TPSA) is 51.8 Å². The van der Waals surface area contributed by atoms with Gasteiger partial charge in [-0.2, -0.15) is 0 Å². The Kier molecular flexibility index (Phi) is 8.12. The zero-order valence-electron chi connectivity index (χ0n) is 29.8. The van der Waals surface area contributed by atoms with Gasteiger partial charge in [0.2, 0.25) is 0 Å². The van der Waals surface area contributed by atoms with E-state index < -0.39 is 0 Å². The normalized spacial score (nSPS) is 11.3. The number of rotatable bonds is 7. The van der Waals surface area contributed by atoms with Crippen molar-refractivity contribution >= 4 is 21.9 Å². The van der Waals surface area contributed by atoms with Crippen molar-refractivity contribution in [1.29, 1.82) is 0 Å². The smallest absolute Gasteiger partial charge is 0.160 e. The number of furan rings is 1. The van der Waals surface area contributed by atoms with Crippen molar-refractivity contribution in [2.75, 3.05) is 0 Å². The predicted octanol–water partition coefficient (Wildman–Crippen LogP) is 13.4. The summed E-state index contributed by atoms with van der Waals surface area (Å²) >= 11 is 0. The fourth-order valence-electron chi connectivity index (χ4n) is 7.46. The molecule has 3 heterocycles. The average Bonchev–Trinajstić information content (AvgIpc) is 3.65. The molecule has 258 valence electrons. The van der Waals surface area contributed by atoms with Crippen LogP contribution in [0.2, 0.25) is 0 Å². The molecule has 0 spiro atoms. The van der Waals surface area contributed by atoms with Crippen molar-refractivity contribution in [1.82, 2.24) is 15.0 Å². The highest BCUT2D eigenvalue weighted by Gasteiger charge is 2.17. The van der Waals surface area contributed by atoms with Crippen molar-refractivity contribution < 1.29 is 4.42 Å². The second-order valence-corrected chi connectivity index (χ2v) is 13.7. The van der Waals surface area contributed by atoms with Crippen LogP contribution in [0.25, 0.3) is 100 Å². The summed E-state index contributed by atoms with van der Waals surface area (Å²) < 4.78 is 6.22. The number of para-hydroxylation sites is 1. The first kappa shape index (κ1) is 32.2. The molecular weight excluding hydrogens is 671 g/mol. The van der Waals surface area contributed by atoms with Crippen LogP contribution in [0.15, 0.2) is 205 Å². The minimum Gasteiger partial charge on any atom is -0.456 e. The maximum Gasteiger partial charge on any atom is 0.160 e. The zero-order chi connectivity index (χ0) is 36.6. The van der Waals surface area contributed by atoms with E-state index in [-0.39, 0.29) is 0 Å². The number of hydrogen-bond donors (Lipinski definition) is 0. The van der Waals surface area contributed by atoms with Gasteiger partial charge in [0, 0.05) is 39.9 Å². The molecule has 0 atom stereocenters. The fraction of sp³-hybridized carbons (Fsp3) is 0.